The first kappa shape index (κ1) is 29.5. The molecule has 0 atom stereocenters. The summed E-state index contributed by atoms with van der Waals surface area (Å²) < 4.78 is 28.8. The van der Waals surface area contributed by atoms with E-state index in [1.807, 2.05) is 41.3 Å². The Balaban J connectivity index is 1.18. The molecule has 0 bridgehead atoms. The summed E-state index contributed by atoms with van der Waals surface area (Å²) in [6.45, 7) is 0.829. The van der Waals surface area contributed by atoms with Crippen LogP contribution in [0.15, 0.2) is 76.8 Å². The van der Waals surface area contributed by atoms with Crippen molar-refractivity contribution in [3.63, 3.8) is 0 Å². The second-order valence-electron chi connectivity index (χ2n) is 9.87. The van der Waals surface area contributed by atoms with E-state index in [-0.39, 0.29) is 35.1 Å². The average Bonchev–Trinajstić information content (AvgIpc) is 3.64. The van der Waals surface area contributed by atoms with Crippen LogP contribution >= 0.6 is 22.7 Å². The van der Waals surface area contributed by atoms with E-state index in [0.29, 0.717) is 40.2 Å². The zero-order valence-corrected chi connectivity index (χ0v) is 25.3. The van der Waals surface area contributed by atoms with Gasteiger partial charge in [-0.15, -0.1) is 16.2 Å². The number of hydrogen-bond donors (Lipinski definition) is 3. The van der Waals surface area contributed by atoms with E-state index in [1.165, 1.54) is 40.9 Å². The fourth-order valence-corrected chi connectivity index (χ4v) is 7.96. The van der Waals surface area contributed by atoms with Gasteiger partial charge in [0, 0.05) is 30.1 Å². The van der Waals surface area contributed by atoms with Crippen LogP contribution in [0.25, 0.3) is 10.2 Å². The first-order valence-corrected chi connectivity index (χ1v) is 16.5. The van der Waals surface area contributed by atoms with Crippen molar-refractivity contribution in [3.8, 4) is 0 Å². The second-order valence-corrected chi connectivity index (χ2v) is 13.7. The fourth-order valence-electron chi connectivity index (χ4n) is 4.95. The SMILES string of the molecule is O=Nc1cccc(S(=O)(=O)NCCc2sc(N3CCc4cccc(C(=O)Nc5nc6ccccc6s5)c4C3)nc2C(=O)O)c1. The number of aromatic nitrogens is 2. The molecule has 5 aromatic rings. The molecule has 3 N–H and O–H groups in total. The Labute approximate surface area is 259 Å². The molecule has 0 aliphatic carbocycles. The Bertz CT molecular complexity index is 1990. The van der Waals surface area contributed by atoms with Gasteiger partial charge in [0.05, 0.1) is 15.1 Å². The number of hydrogen-bond acceptors (Lipinski definition) is 11. The largest absolute Gasteiger partial charge is 0.476 e. The number of benzene rings is 3. The summed E-state index contributed by atoms with van der Waals surface area (Å²) in [5.74, 6) is -1.50. The minimum absolute atomic E-state index is 0.0198. The third-order valence-corrected chi connectivity index (χ3v) is 10.7. The van der Waals surface area contributed by atoms with Crippen molar-refractivity contribution in [1.82, 2.24) is 14.7 Å². The number of carbonyl (C=O) groups excluding carboxylic acids is 1. The number of carboxylic acids is 1. The van der Waals surface area contributed by atoms with Crippen molar-refractivity contribution in [2.75, 3.05) is 23.3 Å². The number of carboxylic acid groups (broad SMARTS) is 1. The van der Waals surface area contributed by atoms with Crippen LogP contribution in [0.2, 0.25) is 0 Å². The Morgan fingerprint density at radius 3 is 2.64 bits per heavy atom. The van der Waals surface area contributed by atoms with E-state index in [0.717, 1.165) is 27.4 Å². The zero-order chi connectivity index (χ0) is 30.8. The molecule has 6 rings (SSSR count). The lowest BCUT2D eigenvalue weighted by atomic mass is 9.94. The lowest BCUT2D eigenvalue weighted by Crippen LogP contribution is -2.32. The minimum Gasteiger partial charge on any atom is -0.476 e. The van der Waals surface area contributed by atoms with Crippen LogP contribution in [0.3, 0.4) is 0 Å². The summed E-state index contributed by atoms with van der Waals surface area (Å²) in [4.78, 5) is 47.3. The van der Waals surface area contributed by atoms with Crippen LogP contribution in [0.1, 0.15) is 36.9 Å². The van der Waals surface area contributed by atoms with Gasteiger partial charge in [0.25, 0.3) is 5.91 Å². The molecular weight excluding hydrogens is 625 g/mol. The number of fused-ring (bicyclic) bond motifs is 2. The molecule has 1 aliphatic rings. The van der Waals surface area contributed by atoms with Gasteiger partial charge >= 0.3 is 5.97 Å². The maximum absolute atomic E-state index is 13.4. The highest BCUT2D eigenvalue weighted by molar-refractivity contribution is 7.89. The number of nitrogens with one attached hydrogen (secondary N) is 2. The molecule has 15 heteroatoms. The molecule has 1 aliphatic heterocycles. The van der Waals surface area contributed by atoms with Crippen molar-refractivity contribution in [2.24, 2.45) is 5.18 Å². The maximum atomic E-state index is 13.4. The van der Waals surface area contributed by atoms with Gasteiger partial charge in [-0.25, -0.2) is 27.9 Å². The highest BCUT2D eigenvalue weighted by atomic mass is 32.2. The molecule has 0 radical (unpaired) electrons. The van der Waals surface area contributed by atoms with Gasteiger partial charge in [-0.2, -0.15) is 0 Å². The molecule has 12 nitrogen and oxygen atoms in total. The number of nitrogens with zero attached hydrogens (tertiary/aromatic N) is 4. The molecule has 224 valence electrons. The molecule has 1 amide bonds. The number of thiazole rings is 2. The molecule has 2 aromatic heterocycles. The van der Waals surface area contributed by atoms with Crippen molar-refractivity contribution >= 4 is 70.7 Å². The van der Waals surface area contributed by atoms with Crippen molar-refractivity contribution in [1.29, 1.82) is 0 Å². The molecule has 3 heterocycles. The van der Waals surface area contributed by atoms with Crippen LogP contribution in [0.4, 0.5) is 16.0 Å². The Morgan fingerprint density at radius 1 is 1.02 bits per heavy atom. The molecule has 0 spiro atoms. The highest BCUT2D eigenvalue weighted by Gasteiger charge is 2.27. The molecule has 44 heavy (non-hydrogen) atoms. The van der Waals surface area contributed by atoms with Gasteiger partial charge in [0.1, 0.15) is 5.69 Å². The van der Waals surface area contributed by atoms with Gasteiger partial charge in [-0.3, -0.25) is 10.1 Å². The van der Waals surface area contributed by atoms with Crippen molar-refractivity contribution in [2.45, 2.75) is 24.3 Å². The first-order valence-electron chi connectivity index (χ1n) is 13.4. The summed E-state index contributed by atoms with van der Waals surface area (Å²) in [7, 11) is -3.95. The van der Waals surface area contributed by atoms with E-state index >= 15 is 0 Å². The number of amides is 1. The van der Waals surface area contributed by atoms with Crippen molar-refractivity contribution < 1.29 is 23.1 Å². The number of carbonyl (C=O) groups is 2. The first-order chi connectivity index (χ1) is 21.2. The van der Waals surface area contributed by atoms with E-state index in [9.17, 15) is 28.0 Å². The van der Waals surface area contributed by atoms with E-state index in [2.05, 4.69) is 25.2 Å². The van der Waals surface area contributed by atoms with Gasteiger partial charge < -0.3 is 10.0 Å². The number of sulfonamides is 1. The normalized spacial score (nSPS) is 13.0. The summed E-state index contributed by atoms with van der Waals surface area (Å²) >= 11 is 2.57. The number of anilines is 2. The molecule has 0 saturated carbocycles. The number of aromatic carboxylic acids is 1. The quantitative estimate of drug-likeness (QED) is 0.173. The molecule has 0 unspecified atom stereocenters. The highest BCUT2D eigenvalue weighted by Crippen LogP contribution is 2.33. The number of nitroso groups, excluding NO2 is 1. The van der Waals surface area contributed by atoms with Gasteiger partial charge in [0.15, 0.2) is 16.0 Å². The fraction of sp³-hybridized carbons (Fsp3) is 0.172. The van der Waals surface area contributed by atoms with Crippen LogP contribution in [-0.2, 0) is 29.4 Å². The standard InChI is InChI=1S/C29H24N6O6S3/c36-26(33-28-31-22-9-1-2-10-23(22)42-28)20-8-3-5-17-12-14-35(16-21(17)20)29-32-25(27(37)38)24(43-29)11-13-30-44(40,41)19-7-4-6-18(15-19)34-39/h1-10,15,30H,11-14,16H2,(H,37,38)(H,31,33,36). The van der Waals surface area contributed by atoms with Crippen molar-refractivity contribution in [3.05, 3.63) is 98.9 Å². The van der Waals surface area contributed by atoms with Gasteiger partial charge in [-0.05, 0) is 65.5 Å². The van der Waals surface area contributed by atoms with E-state index in [1.54, 1.807) is 6.07 Å². The minimum atomic E-state index is -3.95. The van der Waals surface area contributed by atoms with Gasteiger partial charge in [-0.1, -0.05) is 41.7 Å². The average molecular weight is 649 g/mol. The summed E-state index contributed by atoms with van der Waals surface area (Å²) in [6.07, 6.45) is 0.716. The van der Waals surface area contributed by atoms with Gasteiger partial charge in [0.2, 0.25) is 10.0 Å². The monoisotopic (exact) mass is 648 g/mol. The van der Waals surface area contributed by atoms with E-state index < -0.39 is 16.0 Å². The summed E-state index contributed by atoms with van der Waals surface area (Å²) in [5.41, 5.74) is 2.99. The zero-order valence-electron chi connectivity index (χ0n) is 22.9. The van der Waals surface area contributed by atoms with Crippen LogP contribution in [-0.4, -0.2) is 48.5 Å². The number of para-hydroxylation sites is 1. The third-order valence-electron chi connectivity index (χ3n) is 7.07. The Morgan fingerprint density at radius 2 is 1.84 bits per heavy atom. The smallest absolute Gasteiger partial charge is 0.355 e. The Kier molecular flexibility index (Phi) is 8.18. The third kappa shape index (κ3) is 6.07. The Hall–Kier alpha value is -4.57. The molecule has 0 saturated heterocycles. The predicted octanol–water partition coefficient (Wildman–Crippen LogP) is 5.18. The maximum Gasteiger partial charge on any atom is 0.355 e. The molecule has 0 fully saturated rings. The van der Waals surface area contributed by atoms with Crippen LogP contribution < -0.4 is 14.9 Å². The molecular formula is C29H24N6O6S3. The predicted molar refractivity (Wildman–Crippen MR) is 169 cm³/mol. The van der Waals surface area contributed by atoms with Crippen LogP contribution in [0.5, 0.6) is 0 Å². The molecule has 3 aromatic carbocycles. The number of rotatable bonds is 10. The summed E-state index contributed by atoms with van der Waals surface area (Å²) in [6, 6.07) is 18.5. The lowest BCUT2D eigenvalue weighted by Gasteiger charge is -2.29. The lowest BCUT2D eigenvalue weighted by molar-refractivity contribution is 0.0690. The summed E-state index contributed by atoms with van der Waals surface area (Å²) in [5, 5.41) is 16.5. The van der Waals surface area contributed by atoms with E-state index in [4.69, 9.17) is 0 Å². The topological polar surface area (TPSA) is 171 Å². The van der Waals surface area contributed by atoms with Crippen LogP contribution in [0, 0.1) is 4.91 Å². The second kappa shape index (κ2) is 12.2.